The maximum atomic E-state index is 12.3. The third-order valence-electron chi connectivity index (χ3n) is 1.94. The van der Waals surface area contributed by atoms with Crippen molar-refractivity contribution in [3.8, 4) is 0 Å². The monoisotopic (exact) mass is 265 g/mol. The SMILES string of the molecule is NC(=S)N(CCO)c1ccc(C(F)(F)F)cn1. The van der Waals surface area contributed by atoms with Crippen LogP contribution in [0.25, 0.3) is 0 Å². The summed E-state index contributed by atoms with van der Waals surface area (Å²) >= 11 is 4.70. The molecule has 0 unspecified atom stereocenters. The Kier molecular flexibility index (Phi) is 4.24. The van der Waals surface area contributed by atoms with Crippen LogP contribution in [0.4, 0.5) is 19.0 Å². The van der Waals surface area contributed by atoms with Gasteiger partial charge in [-0.1, -0.05) is 0 Å². The first-order valence-corrected chi connectivity index (χ1v) is 4.98. The third-order valence-corrected chi connectivity index (χ3v) is 2.16. The number of rotatable bonds is 3. The Bertz CT molecular complexity index is 393. The van der Waals surface area contributed by atoms with Gasteiger partial charge in [0.15, 0.2) is 5.11 Å². The maximum absolute atomic E-state index is 12.3. The Hall–Kier alpha value is -1.41. The molecule has 1 aromatic rings. The van der Waals surface area contributed by atoms with Crippen molar-refractivity contribution >= 4 is 23.1 Å². The summed E-state index contributed by atoms with van der Waals surface area (Å²) < 4.78 is 36.8. The molecule has 4 nitrogen and oxygen atoms in total. The molecule has 1 rings (SSSR count). The summed E-state index contributed by atoms with van der Waals surface area (Å²) in [5.74, 6) is 0.166. The maximum Gasteiger partial charge on any atom is 0.417 e. The van der Waals surface area contributed by atoms with Crippen molar-refractivity contribution in [3.05, 3.63) is 23.9 Å². The van der Waals surface area contributed by atoms with Gasteiger partial charge in [-0.25, -0.2) is 4.98 Å². The van der Waals surface area contributed by atoms with Crippen molar-refractivity contribution < 1.29 is 18.3 Å². The van der Waals surface area contributed by atoms with E-state index < -0.39 is 11.7 Å². The van der Waals surface area contributed by atoms with Crippen LogP contribution in [0, 0.1) is 0 Å². The zero-order valence-electron chi connectivity index (χ0n) is 8.61. The van der Waals surface area contributed by atoms with Crippen LogP contribution in [-0.4, -0.2) is 28.4 Å². The molecular weight excluding hydrogens is 255 g/mol. The molecule has 0 amide bonds. The molecular formula is C9H10F3N3OS. The minimum absolute atomic E-state index is 0.0636. The second-order valence-electron chi connectivity index (χ2n) is 3.12. The normalized spacial score (nSPS) is 11.3. The molecule has 0 atom stereocenters. The van der Waals surface area contributed by atoms with Crippen LogP contribution in [0.5, 0.6) is 0 Å². The Balaban J connectivity index is 2.96. The highest BCUT2D eigenvalue weighted by atomic mass is 32.1. The van der Waals surface area contributed by atoms with Gasteiger partial charge in [0.25, 0.3) is 0 Å². The van der Waals surface area contributed by atoms with E-state index in [0.717, 1.165) is 12.1 Å². The quantitative estimate of drug-likeness (QED) is 0.803. The van der Waals surface area contributed by atoms with Gasteiger partial charge in [-0.3, -0.25) is 0 Å². The molecule has 0 spiro atoms. The number of aliphatic hydroxyl groups excluding tert-OH is 1. The summed E-state index contributed by atoms with van der Waals surface area (Å²) in [5.41, 5.74) is 4.51. The molecule has 0 fully saturated rings. The van der Waals surface area contributed by atoms with Gasteiger partial charge in [-0.05, 0) is 24.4 Å². The number of hydrogen-bond acceptors (Lipinski definition) is 3. The first-order valence-electron chi connectivity index (χ1n) is 4.57. The molecule has 3 N–H and O–H groups in total. The number of nitrogens with two attached hydrogens (primary N) is 1. The van der Waals surface area contributed by atoms with Gasteiger partial charge in [0.2, 0.25) is 0 Å². The van der Waals surface area contributed by atoms with E-state index >= 15 is 0 Å². The van der Waals surface area contributed by atoms with Gasteiger partial charge in [-0.2, -0.15) is 13.2 Å². The van der Waals surface area contributed by atoms with Crippen molar-refractivity contribution in [2.75, 3.05) is 18.1 Å². The Morgan fingerprint density at radius 2 is 2.12 bits per heavy atom. The number of aliphatic hydroxyl groups is 1. The number of aromatic nitrogens is 1. The van der Waals surface area contributed by atoms with Crippen LogP contribution in [0.2, 0.25) is 0 Å². The highest BCUT2D eigenvalue weighted by molar-refractivity contribution is 7.80. The van der Waals surface area contributed by atoms with Crippen LogP contribution >= 0.6 is 12.2 Å². The summed E-state index contributed by atoms with van der Waals surface area (Å²) in [5, 5.41) is 8.70. The van der Waals surface area contributed by atoms with Crippen molar-refractivity contribution in [1.29, 1.82) is 0 Å². The summed E-state index contributed by atoms with van der Waals surface area (Å²) in [6.45, 7) is -0.159. The van der Waals surface area contributed by atoms with Gasteiger partial charge >= 0.3 is 6.18 Å². The van der Waals surface area contributed by atoms with Crippen LogP contribution in [0.3, 0.4) is 0 Å². The summed E-state index contributed by atoms with van der Waals surface area (Å²) in [6, 6.07) is 2.03. The first-order chi connectivity index (χ1) is 7.86. The standard InChI is InChI=1S/C9H10F3N3OS/c10-9(11,12)6-1-2-7(14-5-6)15(3-4-16)8(13)17/h1-2,5,16H,3-4H2,(H2,13,17). The minimum atomic E-state index is -4.43. The van der Waals surface area contributed by atoms with Crippen molar-refractivity contribution in [2.45, 2.75) is 6.18 Å². The average Bonchev–Trinajstić information content (AvgIpc) is 2.24. The fraction of sp³-hybridized carbons (Fsp3) is 0.333. The summed E-state index contributed by atoms with van der Waals surface area (Å²) in [6.07, 6.45) is -3.74. The average molecular weight is 265 g/mol. The van der Waals surface area contributed by atoms with Gasteiger partial charge in [-0.15, -0.1) is 0 Å². The lowest BCUT2D eigenvalue weighted by molar-refractivity contribution is -0.137. The summed E-state index contributed by atoms with van der Waals surface area (Å²) in [4.78, 5) is 4.86. The molecule has 94 valence electrons. The van der Waals surface area contributed by atoms with Gasteiger partial charge in [0.05, 0.1) is 12.2 Å². The molecule has 0 aliphatic heterocycles. The van der Waals surface area contributed by atoms with E-state index in [-0.39, 0.29) is 24.1 Å². The predicted molar refractivity (Wildman–Crippen MR) is 60.5 cm³/mol. The topological polar surface area (TPSA) is 62.4 Å². The Labute approximate surface area is 101 Å². The lowest BCUT2D eigenvalue weighted by Crippen LogP contribution is -2.38. The molecule has 1 heterocycles. The van der Waals surface area contributed by atoms with Gasteiger partial charge in [0, 0.05) is 12.7 Å². The molecule has 0 bridgehead atoms. The Morgan fingerprint density at radius 1 is 1.47 bits per heavy atom. The van der Waals surface area contributed by atoms with E-state index in [1.54, 1.807) is 0 Å². The van der Waals surface area contributed by atoms with Crippen LogP contribution in [-0.2, 0) is 6.18 Å². The fourth-order valence-electron chi connectivity index (χ4n) is 1.15. The fourth-order valence-corrected chi connectivity index (χ4v) is 1.34. The highest BCUT2D eigenvalue weighted by Gasteiger charge is 2.30. The number of alkyl halides is 3. The lowest BCUT2D eigenvalue weighted by Gasteiger charge is -2.20. The third kappa shape index (κ3) is 3.53. The van der Waals surface area contributed by atoms with Crippen molar-refractivity contribution in [1.82, 2.24) is 4.98 Å². The van der Waals surface area contributed by atoms with E-state index in [1.807, 2.05) is 0 Å². The molecule has 0 saturated carbocycles. The number of thiocarbonyl (C=S) groups is 1. The van der Waals surface area contributed by atoms with E-state index in [9.17, 15) is 13.2 Å². The molecule has 0 radical (unpaired) electrons. The minimum Gasteiger partial charge on any atom is -0.395 e. The molecule has 17 heavy (non-hydrogen) atoms. The highest BCUT2D eigenvalue weighted by Crippen LogP contribution is 2.29. The molecule has 0 saturated heterocycles. The van der Waals surface area contributed by atoms with Gasteiger partial charge in [0.1, 0.15) is 5.82 Å². The second kappa shape index (κ2) is 5.28. The van der Waals surface area contributed by atoms with E-state index in [0.29, 0.717) is 6.20 Å². The number of anilines is 1. The van der Waals surface area contributed by atoms with E-state index in [1.165, 1.54) is 4.90 Å². The summed E-state index contributed by atoms with van der Waals surface area (Å²) in [7, 11) is 0. The van der Waals surface area contributed by atoms with Crippen molar-refractivity contribution in [3.63, 3.8) is 0 Å². The predicted octanol–water partition coefficient (Wildman–Crippen LogP) is 1.14. The molecule has 0 aliphatic carbocycles. The van der Waals surface area contributed by atoms with Crippen LogP contribution < -0.4 is 10.6 Å². The smallest absolute Gasteiger partial charge is 0.395 e. The van der Waals surface area contributed by atoms with Crippen molar-refractivity contribution in [2.24, 2.45) is 5.73 Å². The lowest BCUT2D eigenvalue weighted by atomic mass is 10.2. The molecule has 0 aromatic carbocycles. The van der Waals surface area contributed by atoms with E-state index in [4.69, 9.17) is 23.1 Å². The zero-order chi connectivity index (χ0) is 13.1. The Morgan fingerprint density at radius 3 is 2.47 bits per heavy atom. The number of pyridine rings is 1. The van der Waals surface area contributed by atoms with E-state index in [2.05, 4.69) is 4.98 Å². The van der Waals surface area contributed by atoms with Crippen LogP contribution in [0.15, 0.2) is 18.3 Å². The number of hydrogen-bond donors (Lipinski definition) is 2. The molecule has 1 aromatic heterocycles. The van der Waals surface area contributed by atoms with Crippen LogP contribution in [0.1, 0.15) is 5.56 Å². The molecule has 0 aliphatic rings. The molecule has 8 heteroatoms. The second-order valence-corrected chi connectivity index (χ2v) is 3.53. The van der Waals surface area contributed by atoms with Gasteiger partial charge < -0.3 is 15.7 Å². The first kappa shape index (κ1) is 13.7. The number of halogens is 3. The number of nitrogens with zero attached hydrogens (tertiary/aromatic N) is 2. The zero-order valence-corrected chi connectivity index (χ0v) is 9.42. The largest absolute Gasteiger partial charge is 0.417 e.